The highest BCUT2D eigenvalue weighted by Crippen LogP contribution is 2.28. The number of hydrogen-bond donors (Lipinski definition) is 1. The van der Waals surface area contributed by atoms with Crippen LogP contribution in [0.4, 0.5) is 0 Å². The van der Waals surface area contributed by atoms with E-state index in [1.165, 1.54) is 0 Å². The number of aliphatic hydroxyl groups is 1. The van der Waals surface area contributed by atoms with Crippen molar-refractivity contribution in [2.45, 2.75) is 20.0 Å². The maximum atomic E-state index is 9.08. The Kier molecular flexibility index (Phi) is 5.03. The van der Waals surface area contributed by atoms with Crippen LogP contribution in [-0.2, 0) is 6.61 Å². The summed E-state index contributed by atoms with van der Waals surface area (Å²) in [7, 11) is 0. The van der Waals surface area contributed by atoms with Crippen molar-refractivity contribution in [2.24, 2.45) is 0 Å². The molecule has 2 nitrogen and oxygen atoms in total. The molecule has 0 aliphatic rings. The summed E-state index contributed by atoms with van der Waals surface area (Å²) in [6.07, 6.45) is 0.659. The van der Waals surface area contributed by atoms with E-state index in [9.17, 15) is 0 Å². The lowest BCUT2D eigenvalue weighted by atomic mass is 10.2. The van der Waals surface area contributed by atoms with Gasteiger partial charge in [0.05, 0.1) is 18.2 Å². The minimum Gasteiger partial charge on any atom is -0.491 e. The molecule has 0 amide bonds. The number of rotatable bonds is 4. The maximum absolute atomic E-state index is 9.08. The van der Waals surface area contributed by atoms with Gasteiger partial charge in [0.1, 0.15) is 5.75 Å². The van der Waals surface area contributed by atoms with Gasteiger partial charge in [-0.05, 0) is 13.0 Å². The van der Waals surface area contributed by atoms with Crippen molar-refractivity contribution in [3.8, 4) is 17.6 Å². The molecular weight excluding hydrogens is 212 g/mol. The second-order valence-electron chi connectivity index (χ2n) is 2.91. The van der Waals surface area contributed by atoms with Crippen LogP contribution < -0.4 is 4.74 Å². The van der Waals surface area contributed by atoms with E-state index in [4.69, 9.17) is 21.4 Å². The summed E-state index contributed by atoms with van der Waals surface area (Å²) in [6.45, 7) is 2.20. The molecule has 0 aliphatic heterocycles. The fourth-order valence-electron chi connectivity index (χ4n) is 1.17. The standard InChI is InChI=1S/C12H13ClO2/c1-2-3-4-8-15-12-10(9-14)6-5-7-11(12)13/h5-7,14H,4,8-9H2,1H3. The van der Waals surface area contributed by atoms with Gasteiger partial charge >= 0.3 is 0 Å². The Morgan fingerprint density at radius 3 is 2.93 bits per heavy atom. The summed E-state index contributed by atoms with van der Waals surface area (Å²) in [5.74, 6) is 6.23. The van der Waals surface area contributed by atoms with Crippen molar-refractivity contribution < 1.29 is 9.84 Å². The first-order valence-corrected chi connectivity index (χ1v) is 5.08. The van der Waals surface area contributed by atoms with Crippen LogP contribution in [0.2, 0.25) is 5.02 Å². The molecule has 0 radical (unpaired) electrons. The van der Waals surface area contributed by atoms with Gasteiger partial charge in [0.2, 0.25) is 0 Å². The predicted molar refractivity (Wildman–Crippen MR) is 60.9 cm³/mol. The molecule has 1 aromatic rings. The average Bonchev–Trinajstić information content (AvgIpc) is 2.26. The second-order valence-corrected chi connectivity index (χ2v) is 3.32. The normalized spacial score (nSPS) is 9.27. The van der Waals surface area contributed by atoms with Crippen LogP contribution >= 0.6 is 11.6 Å². The Morgan fingerprint density at radius 2 is 2.27 bits per heavy atom. The molecule has 0 heterocycles. The molecule has 3 heteroatoms. The summed E-state index contributed by atoms with van der Waals surface area (Å²) in [6, 6.07) is 5.31. The van der Waals surface area contributed by atoms with Crippen molar-refractivity contribution in [3.05, 3.63) is 28.8 Å². The SMILES string of the molecule is CC#CCCOc1c(Cl)cccc1CO. The minimum atomic E-state index is -0.0741. The van der Waals surface area contributed by atoms with Crippen molar-refractivity contribution in [1.29, 1.82) is 0 Å². The number of aliphatic hydroxyl groups excluding tert-OH is 1. The van der Waals surface area contributed by atoms with Crippen LogP contribution in [0.5, 0.6) is 5.75 Å². The molecule has 1 aromatic carbocycles. The van der Waals surface area contributed by atoms with E-state index in [1.807, 2.05) is 0 Å². The van der Waals surface area contributed by atoms with E-state index in [1.54, 1.807) is 25.1 Å². The van der Waals surface area contributed by atoms with Crippen LogP contribution in [0, 0.1) is 11.8 Å². The van der Waals surface area contributed by atoms with Gasteiger partial charge in [-0.25, -0.2) is 0 Å². The Hall–Kier alpha value is -1.17. The summed E-state index contributed by atoms with van der Waals surface area (Å²) in [5, 5.41) is 9.60. The van der Waals surface area contributed by atoms with E-state index < -0.39 is 0 Å². The zero-order valence-corrected chi connectivity index (χ0v) is 9.34. The van der Waals surface area contributed by atoms with Crippen molar-refractivity contribution in [3.63, 3.8) is 0 Å². The van der Waals surface area contributed by atoms with Crippen LogP contribution in [0.25, 0.3) is 0 Å². The lowest BCUT2D eigenvalue weighted by Gasteiger charge is -2.10. The van der Waals surface area contributed by atoms with E-state index >= 15 is 0 Å². The van der Waals surface area contributed by atoms with E-state index in [-0.39, 0.29) is 6.61 Å². The van der Waals surface area contributed by atoms with Gasteiger partial charge in [0.15, 0.2) is 0 Å². The molecule has 80 valence electrons. The molecule has 0 spiro atoms. The zero-order valence-electron chi connectivity index (χ0n) is 8.59. The molecule has 0 saturated heterocycles. The minimum absolute atomic E-state index is 0.0741. The van der Waals surface area contributed by atoms with E-state index in [0.717, 1.165) is 0 Å². The summed E-state index contributed by atoms with van der Waals surface area (Å²) in [4.78, 5) is 0. The third-order valence-electron chi connectivity index (χ3n) is 1.87. The smallest absolute Gasteiger partial charge is 0.143 e. The Bertz CT molecular complexity index is 377. The van der Waals surface area contributed by atoms with Crippen LogP contribution in [0.3, 0.4) is 0 Å². The highest BCUT2D eigenvalue weighted by molar-refractivity contribution is 6.32. The monoisotopic (exact) mass is 224 g/mol. The second kappa shape index (κ2) is 6.34. The molecule has 1 N–H and O–H groups in total. The molecule has 0 atom stereocenters. The molecule has 0 saturated carbocycles. The number of hydrogen-bond acceptors (Lipinski definition) is 2. The van der Waals surface area contributed by atoms with E-state index in [0.29, 0.717) is 29.4 Å². The fourth-order valence-corrected chi connectivity index (χ4v) is 1.42. The van der Waals surface area contributed by atoms with Gasteiger partial charge in [-0.2, -0.15) is 0 Å². The number of benzene rings is 1. The number of para-hydroxylation sites is 1. The first-order valence-electron chi connectivity index (χ1n) is 4.70. The highest BCUT2D eigenvalue weighted by atomic mass is 35.5. The quantitative estimate of drug-likeness (QED) is 0.629. The van der Waals surface area contributed by atoms with Gasteiger partial charge in [0.25, 0.3) is 0 Å². The van der Waals surface area contributed by atoms with Gasteiger partial charge in [-0.1, -0.05) is 23.7 Å². The van der Waals surface area contributed by atoms with Gasteiger partial charge in [-0.3, -0.25) is 0 Å². The lowest BCUT2D eigenvalue weighted by molar-refractivity contribution is 0.265. The molecule has 15 heavy (non-hydrogen) atoms. The maximum Gasteiger partial charge on any atom is 0.143 e. The molecule has 1 rings (SSSR count). The van der Waals surface area contributed by atoms with E-state index in [2.05, 4.69) is 11.8 Å². The topological polar surface area (TPSA) is 29.5 Å². The third kappa shape index (κ3) is 3.47. The molecule has 0 unspecified atom stereocenters. The van der Waals surface area contributed by atoms with Crippen LogP contribution in [0.15, 0.2) is 18.2 Å². The Labute approximate surface area is 94.8 Å². The first kappa shape index (κ1) is 11.9. The largest absolute Gasteiger partial charge is 0.491 e. The Morgan fingerprint density at radius 1 is 1.47 bits per heavy atom. The first-order chi connectivity index (χ1) is 7.29. The third-order valence-corrected chi connectivity index (χ3v) is 2.17. The fraction of sp³-hybridized carbons (Fsp3) is 0.333. The van der Waals surface area contributed by atoms with Crippen molar-refractivity contribution >= 4 is 11.6 Å². The van der Waals surface area contributed by atoms with Crippen molar-refractivity contribution in [1.82, 2.24) is 0 Å². The summed E-state index contributed by atoms with van der Waals surface area (Å²) >= 11 is 5.95. The van der Waals surface area contributed by atoms with Gasteiger partial charge < -0.3 is 9.84 Å². The number of ether oxygens (including phenoxy) is 1. The molecule has 0 aliphatic carbocycles. The van der Waals surface area contributed by atoms with Crippen LogP contribution in [-0.4, -0.2) is 11.7 Å². The summed E-state index contributed by atoms with van der Waals surface area (Å²) < 4.78 is 5.47. The zero-order chi connectivity index (χ0) is 11.1. The van der Waals surface area contributed by atoms with Gasteiger partial charge in [0, 0.05) is 12.0 Å². The number of halogens is 1. The molecule has 0 bridgehead atoms. The van der Waals surface area contributed by atoms with Gasteiger partial charge in [-0.15, -0.1) is 11.8 Å². The molecule has 0 fully saturated rings. The predicted octanol–water partition coefficient (Wildman–Crippen LogP) is 2.62. The highest BCUT2D eigenvalue weighted by Gasteiger charge is 2.06. The van der Waals surface area contributed by atoms with Crippen LogP contribution in [0.1, 0.15) is 18.9 Å². The molecular formula is C12H13ClO2. The lowest BCUT2D eigenvalue weighted by Crippen LogP contribution is -2.00. The molecule has 0 aromatic heterocycles. The average molecular weight is 225 g/mol. The summed E-state index contributed by atoms with van der Waals surface area (Å²) in [5.41, 5.74) is 0.701. The Balaban J connectivity index is 2.68. The van der Waals surface area contributed by atoms with Crippen molar-refractivity contribution in [2.75, 3.05) is 6.61 Å².